The minimum atomic E-state index is -0.773. The number of hydrogen-bond donors (Lipinski definition) is 1. The molecule has 0 aliphatic heterocycles. The molecule has 2 amide bonds. The minimum Gasteiger partial charge on any atom is -0.493 e. The zero-order chi connectivity index (χ0) is 27.6. The number of carbonyl (C=O) groups is 2. The van der Waals surface area contributed by atoms with Crippen LogP contribution in [0.4, 0.5) is 4.39 Å². The molecular weight excluding hydrogens is 495 g/mol. The normalized spacial score (nSPS) is 14.0. The smallest absolute Gasteiger partial charge is 0.243 e. The standard InChI is InChI=1S/C32H37FN2O4/c1-38-29-18-16-24(21-30(29)39-2)17-19-31(36)35(22-25-12-6-9-15-27(25)33)28(20-23-10-4-3-5-11-23)32(37)34-26-13-7-8-14-26/h3-6,9-12,15-16,18,21,26,28H,7-8,13-14,17,19-20,22H2,1-2H3,(H,34,37)/t28-/m0/s1. The van der Waals surface area contributed by atoms with Gasteiger partial charge in [-0.2, -0.15) is 0 Å². The van der Waals surface area contributed by atoms with Gasteiger partial charge in [-0.1, -0.05) is 67.4 Å². The Kier molecular flexibility index (Phi) is 9.95. The third kappa shape index (κ3) is 7.59. The summed E-state index contributed by atoms with van der Waals surface area (Å²) in [6, 6.07) is 20.9. The lowest BCUT2D eigenvalue weighted by molar-refractivity contribution is -0.141. The Morgan fingerprint density at radius 1 is 0.923 bits per heavy atom. The van der Waals surface area contributed by atoms with Crippen molar-refractivity contribution in [3.05, 3.63) is 95.3 Å². The van der Waals surface area contributed by atoms with Crippen molar-refractivity contribution < 1.29 is 23.5 Å². The first-order chi connectivity index (χ1) is 19.0. The highest BCUT2D eigenvalue weighted by Crippen LogP contribution is 2.28. The fraction of sp³-hybridized carbons (Fsp3) is 0.375. The van der Waals surface area contributed by atoms with E-state index >= 15 is 0 Å². The minimum absolute atomic E-state index is 0.00697. The SMILES string of the molecule is COc1ccc(CCC(=O)N(Cc2ccccc2F)[C@@H](Cc2ccccc2)C(=O)NC2CCCC2)cc1OC. The summed E-state index contributed by atoms with van der Waals surface area (Å²) in [7, 11) is 3.14. The molecule has 1 aliphatic rings. The molecule has 1 saturated carbocycles. The van der Waals surface area contributed by atoms with Gasteiger partial charge in [0.1, 0.15) is 11.9 Å². The van der Waals surface area contributed by atoms with Crippen LogP contribution in [0.5, 0.6) is 11.5 Å². The Balaban J connectivity index is 1.61. The second kappa shape index (κ2) is 13.8. The molecule has 3 aromatic carbocycles. The van der Waals surface area contributed by atoms with Crippen LogP contribution >= 0.6 is 0 Å². The van der Waals surface area contributed by atoms with Crippen molar-refractivity contribution in [2.75, 3.05) is 14.2 Å². The summed E-state index contributed by atoms with van der Waals surface area (Å²) in [6.07, 6.45) is 4.97. The van der Waals surface area contributed by atoms with Crippen LogP contribution in [0.3, 0.4) is 0 Å². The van der Waals surface area contributed by atoms with Gasteiger partial charge in [0, 0.05) is 31.0 Å². The Bertz CT molecular complexity index is 1240. The van der Waals surface area contributed by atoms with E-state index in [4.69, 9.17) is 9.47 Å². The van der Waals surface area contributed by atoms with Crippen LogP contribution in [-0.2, 0) is 29.0 Å². The molecule has 6 nitrogen and oxygen atoms in total. The molecule has 0 aromatic heterocycles. The summed E-state index contributed by atoms with van der Waals surface area (Å²) in [4.78, 5) is 29.1. The van der Waals surface area contributed by atoms with Crippen molar-refractivity contribution in [1.29, 1.82) is 0 Å². The maximum absolute atomic E-state index is 14.8. The summed E-state index contributed by atoms with van der Waals surface area (Å²) in [6.45, 7) is 0.00697. The quantitative estimate of drug-likeness (QED) is 0.336. The highest BCUT2D eigenvalue weighted by Gasteiger charge is 2.32. The van der Waals surface area contributed by atoms with Gasteiger partial charge in [-0.3, -0.25) is 9.59 Å². The average molecular weight is 533 g/mol. The molecule has 0 spiro atoms. The van der Waals surface area contributed by atoms with E-state index in [9.17, 15) is 14.0 Å². The number of nitrogens with one attached hydrogen (secondary N) is 1. The van der Waals surface area contributed by atoms with Gasteiger partial charge in [-0.05, 0) is 48.6 Å². The Labute approximate surface area is 230 Å². The van der Waals surface area contributed by atoms with Crippen LogP contribution in [0.25, 0.3) is 0 Å². The fourth-order valence-corrected chi connectivity index (χ4v) is 5.16. The topological polar surface area (TPSA) is 67.9 Å². The summed E-state index contributed by atoms with van der Waals surface area (Å²) in [5.74, 6) is 0.394. The highest BCUT2D eigenvalue weighted by atomic mass is 19.1. The highest BCUT2D eigenvalue weighted by molar-refractivity contribution is 5.88. The summed E-state index contributed by atoms with van der Waals surface area (Å²) >= 11 is 0. The molecule has 7 heteroatoms. The first-order valence-corrected chi connectivity index (χ1v) is 13.6. The number of halogens is 1. The van der Waals surface area contributed by atoms with Gasteiger partial charge in [0.2, 0.25) is 11.8 Å². The van der Waals surface area contributed by atoms with Crippen molar-refractivity contribution >= 4 is 11.8 Å². The molecule has 0 unspecified atom stereocenters. The van der Waals surface area contributed by atoms with Crippen LogP contribution in [0.2, 0.25) is 0 Å². The van der Waals surface area contributed by atoms with Gasteiger partial charge in [0.05, 0.1) is 14.2 Å². The van der Waals surface area contributed by atoms with Gasteiger partial charge in [-0.25, -0.2) is 4.39 Å². The molecule has 4 rings (SSSR count). The molecule has 0 bridgehead atoms. The van der Waals surface area contributed by atoms with Gasteiger partial charge in [0.15, 0.2) is 11.5 Å². The molecule has 1 fully saturated rings. The van der Waals surface area contributed by atoms with Crippen molar-refractivity contribution in [1.82, 2.24) is 10.2 Å². The van der Waals surface area contributed by atoms with E-state index in [-0.39, 0.29) is 30.8 Å². The molecule has 1 atom stereocenters. The molecule has 206 valence electrons. The van der Waals surface area contributed by atoms with E-state index < -0.39 is 11.9 Å². The molecule has 1 N–H and O–H groups in total. The summed E-state index contributed by atoms with van der Waals surface area (Å²) in [5.41, 5.74) is 2.22. The largest absolute Gasteiger partial charge is 0.493 e. The molecule has 0 heterocycles. The number of ether oxygens (including phenoxy) is 2. The van der Waals surface area contributed by atoms with E-state index in [1.807, 2.05) is 48.5 Å². The number of hydrogen-bond acceptors (Lipinski definition) is 4. The van der Waals surface area contributed by atoms with Gasteiger partial charge < -0.3 is 19.7 Å². The summed E-state index contributed by atoms with van der Waals surface area (Å²) in [5, 5.41) is 3.18. The van der Waals surface area contributed by atoms with Crippen molar-refractivity contribution in [3.8, 4) is 11.5 Å². The first-order valence-electron chi connectivity index (χ1n) is 13.6. The predicted octanol–water partition coefficient (Wildman–Crippen LogP) is 5.47. The van der Waals surface area contributed by atoms with E-state index in [2.05, 4.69) is 5.32 Å². The van der Waals surface area contributed by atoms with Crippen LogP contribution in [-0.4, -0.2) is 43.0 Å². The maximum Gasteiger partial charge on any atom is 0.243 e. The van der Waals surface area contributed by atoms with Gasteiger partial charge in [0.25, 0.3) is 0 Å². The van der Waals surface area contributed by atoms with E-state index in [1.165, 1.54) is 6.07 Å². The lowest BCUT2D eigenvalue weighted by Gasteiger charge is -2.32. The third-order valence-corrected chi connectivity index (χ3v) is 7.35. The molecule has 0 saturated heterocycles. The van der Waals surface area contributed by atoms with Crippen molar-refractivity contribution in [3.63, 3.8) is 0 Å². The zero-order valence-corrected chi connectivity index (χ0v) is 22.7. The number of rotatable bonds is 12. The van der Waals surface area contributed by atoms with E-state index in [0.29, 0.717) is 29.9 Å². The van der Waals surface area contributed by atoms with E-state index in [1.54, 1.807) is 37.3 Å². The number of benzene rings is 3. The molecule has 1 aliphatic carbocycles. The van der Waals surface area contributed by atoms with Gasteiger partial charge >= 0.3 is 0 Å². The number of nitrogens with zero attached hydrogens (tertiary/aromatic N) is 1. The summed E-state index contributed by atoms with van der Waals surface area (Å²) < 4.78 is 25.5. The molecule has 39 heavy (non-hydrogen) atoms. The Hall–Kier alpha value is -3.87. The molecule has 3 aromatic rings. The lowest BCUT2D eigenvalue weighted by atomic mass is 10.0. The number of aryl methyl sites for hydroxylation is 1. The van der Waals surface area contributed by atoms with Crippen LogP contribution in [0.1, 0.15) is 48.8 Å². The first kappa shape index (κ1) is 28.1. The Morgan fingerprint density at radius 3 is 2.31 bits per heavy atom. The molecular formula is C32H37FN2O4. The molecule has 0 radical (unpaired) electrons. The second-order valence-electron chi connectivity index (χ2n) is 10.00. The third-order valence-electron chi connectivity index (χ3n) is 7.35. The maximum atomic E-state index is 14.8. The van der Waals surface area contributed by atoms with Crippen LogP contribution in [0, 0.1) is 5.82 Å². The van der Waals surface area contributed by atoms with Crippen molar-refractivity contribution in [2.24, 2.45) is 0 Å². The van der Waals surface area contributed by atoms with Crippen LogP contribution in [0.15, 0.2) is 72.8 Å². The predicted molar refractivity (Wildman–Crippen MR) is 149 cm³/mol. The van der Waals surface area contributed by atoms with E-state index in [0.717, 1.165) is 36.8 Å². The number of carbonyl (C=O) groups excluding carboxylic acids is 2. The number of amides is 2. The second-order valence-corrected chi connectivity index (χ2v) is 10.00. The monoisotopic (exact) mass is 532 g/mol. The lowest BCUT2D eigenvalue weighted by Crippen LogP contribution is -2.52. The zero-order valence-electron chi connectivity index (χ0n) is 22.7. The number of methoxy groups -OCH3 is 2. The average Bonchev–Trinajstić information content (AvgIpc) is 3.47. The van der Waals surface area contributed by atoms with Crippen LogP contribution < -0.4 is 14.8 Å². The fourth-order valence-electron chi connectivity index (χ4n) is 5.16. The Morgan fingerprint density at radius 2 is 1.62 bits per heavy atom. The van der Waals surface area contributed by atoms with Crippen molar-refractivity contribution in [2.45, 2.75) is 63.6 Å². The van der Waals surface area contributed by atoms with Gasteiger partial charge in [-0.15, -0.1) is 0 Å².